The molecule has 0 saturated carbocycles. The third-order valence-electron chi connectivity index (χ3n) is 2.18. The number of nitrogens with one attached hydrogen (secondary N) is 1. The molecule has 100 valence electrons. The Morgan fingerprint density at radius 3 is 2.78 bits per heavy atom. The van der Waals surface area contributed by atoms with Crippen molar-refractivity contribution in [3.63, 3.8) is 0 Å². The third-order valence-corrected chi connectivity index (χ3v) is 4.05. The molecule has 3 N–H and O–H groups in total. The van der Waals surface area contributed by atoms with E-state index >= 15 is 0 Å². The smallest absolute Gasteiger partial charge is 0.243 e. The number of nitrogen functional groups attached to an aromatic ring is 1. The molecule has 0 fully saturated rings. The van der Waals surface area contributed by atoms with Crippen LogP contribution in [0, 0.1) is 5.82 Å². The van der Waals surface area contributed by atoms with E-state index in [0.717, 1.165) is 12.1 Å². The van der Waals surface area contributed by atoms with Crippen LogP contribution >= 0.6 is 11.6 Å². The number of benzene rings is 1. The second-order valence-corrected chi connectivity index (χ2v) is 5.95. The first-order valence-electron chi connectivity index (χ1n) is 5.15. The van der Waals surface area contributed by atoms with E-state index < -0.39 is 26.8 Å². The van der Waals surface area contributed by atoms with Crippen LogP contribution in [0.25, 0.3) is 0 Å². The highest BCUT2D eigenvalue weighted by Crippen LogP contribution is 2.25. The highest BCUT2D eigenvalue weighted by Gasteiger charge is 2.23. The van der Waals surface area contributed by atoms with Crippen molar-refractivity contribution in [3.8, 4) is 0 Å². The van der Waals surface area contributed by atoms with Crippen molar-refractivity contribution in [2.24, 2.45) is 0 Å². The molecule has 0 heterocycles. The Bertz CT molecular complexity index is 560. The zero-order valence-corrected chi connectivity index (χ0v) is 11.4. The van der Waals surface area contributed by atoms with Crippen LogP contribution in [-0.4, -0.2) is 14.5 Å². The molecule has 1 aromatic carbocycles. The van der Waals surface area contributed by atoms with Crippen molar-refractivity contribution in [1.29, 1.82) is 0 Å². The van der Waals surface area contributed by atoms with E-state index in [-0.39, 0.29) is 10.7 Å². The average Bonchev–Trinajstić information content (AvgIpc) is 2.22. The first-order valence-corrected chi connectivity index (χ1v) is 7.01. The molecular weight excluding hydrogens is 279 g/mol. The number of anilines is 1. The first kappa shape index (κ1) is 14.9. The van der Waals surface area contributed by atoms with Crippen molar-refractivity contribution in [2.75, 3.05) is 5.73 Å². The first-order chi connectivity index (χ1) is 8.27. The third kappa shape index (κ3) is 3.44. The fourth-order valence-corrected chi connectivity index (χ4v) is 3.08. The summed E-state index contributed by atoms with van der Waals surface area (Å²) in [6.45, 7) is 5.14. The Morgan fingerprint density at radius 1 is 1.61 bits per heavy atom. The van der Waals surface area contributed by atoms with Gasteiger partial charge in [-0.3, -0.25) is 0 Å². The maximum Gasteiger partial charge on any atom is 0.243 e. The van der Waals surface area contributed by atoms with E-state index in [2.05, 4.69) is 11.3 Å². The fraction of sp³-hybridized carbons (Fsp3) is 0.273. The summed E-state index contributed by atoms with van der Waals surface area (Å²) in [5.41, 5.74) is 5.54. The molecule has 0 aliphatic rings. The molecule has 0 aromatic heterocycles. The molecule has 18 heavy (non-hydrogen) atoms. The van der Waals surface area contributed by atoms with Crippen molar-refractivity contribution in [1.82, 2.24) is 4.72 Å². The number of sulfonamides is 1. The Hall–Kier alpha value is -1.11. The highest BCUT2D eigenvalue weighted by molar-refractivity contribution is 7.89. The highest BCUT2D eigenvalue weighted by atomic mass is 35.5. The Kier molecular flexibility index (Phi) is 4.72. The number of halogens is 2. The van der Waals surface area contributed by atoms with Crippen LogP contribution in [0.4, 0.5) is 10.1 Å². The lowest BCUT2D eigenvalue weighted by Crippen LogP contribution is -2.32. The predicted molar refractivity (Wildman–Crippen MR) is 70.4 cm³/mol. The van der Waals surface area contributed by atoms with Gasteiger partial charge in [0, 0.05) is 11.7 Å². The minimum atomic E-state index is -3.99. The van der Waals surface area contributed by atoms with Gasteiger partial charge in [-0.1, -0.05) is 17.7 Å². The van der Waals surface area contributed by atoms with Crippen LogP contribution in [0.2, 0.25) is 5.02 Å². The van der Waals surface area contributed by atoms with Crippen molar-refractivity contribution in [3.05, 3.63) is 35.6 Å². The molecule has 0 radical (unpaired) electrons. The van der Waals surface area contributed by atoms with E-state index in [9.17, 15) is 12.8 Å². The van der Waals surface area contributed by atoms with Gasteiger partial charge in [-0.25, -0.2) is 17.5 Å². The summed E-state index contributed by atoms with van der Waals surface area (Å²) in [6.07, 6.45) is 1.99. The van der Waals surface area contributed by atoms with Gasteiger partial charge in [0.1, 0.15) is 4.90 Å². The molecule has 0 aliphatic carbocycles. The van der Waals surface area contributed by atoms with Crippen LogP contribution in [0.3, 0.4) is 0 Å². The zero-order chi connectivity index (χ0) is 13.9. The monoisotopic (exact) mass is 292 g/mol. The predicted octanol–water partition coefficient (Wildman–Crippen LogP) is 2.30. The summed E-state index contributed by atoms with van der Waals surface area (Å²) < 4.78 is 39.9. The van der Waals surface area contributed by atoms with E-state index in [1.165, 1.54) is 0 Å². The zero-order valence-electron chi connectivity index (χ0n) is 9.78. The quantitative estimate of drug-likeness (QED) is 0.646. The van der Waals surface area contributed by atoms with Crippen LogP contribution in [0.5, 0.6) is 0 Å². The van der Waals surface area contributed by atoms with Gasteiger partial charge >= 0.3 is 0 Å². The lowest BCUT2D eigenvalue weighted by Gasteiger charge is -2.13. The molecule has 0 spiro atoms. The molecule has 1 unspecified atom stereocenters. The van der Waals surface area contributed by atoms with Crippen molar-refractivity contribution < 1.29 is 12.8 Å². The summed E-state index contributed by atoms with van der Waals surface area (Å²) in [5.74, 6) is -1.01. The van der Waals surface area contributed by atoms with Gasteiger partial charge < -0.3 is 5.73 Å². The Balaban J connectivity index is 3.16. The van der Waals surface area contributed by atoms with Crippen LogP contribution < -0.4 is 10.5 Å². The lowest BCUT2D eigenvalue weighted by molar-refractivity contribution is 0.544. The molecule has 0 saturated heterocycles. The Morgan fingerprint density at radius 2 is 2.22 bits per heavy atom. The molecule has 0 aliphatic heterocycles. The standard InChI is InChI=1S/C11H14ClFN2O2S/c1-3-4-7(2)15-18(16,17)10-6-8(14)5-9(12)11(10)13/h3,5-7,15H,1,4,14H2,2H3. The molecule has 0 bridgehead atoms. The average molecular weight is 293 g/mol. The van der Waals surface area contributed by atoms with Crippen LogP contribution in [0.15, 0.2) is 29.7 Å². The minimum absolute atomic E-state index is 0.0816. The summed E-state index contributed by atoms with van der Waals surface area (Å²) in [4.78, 5) is -0.552. The maximum atomic E-state index is 13.7. The summed E-state index contributed by atoms with van der Waals surface area (Å²) >= 11 is 5.56. The van der Waals surface area contributed by atoms with Gasteiger partial charge in [-0.2, -0.15) is 0 Å². The topological polar surface area (TPSA) is 72.2 Å². The lowest BCUT2D eigenvalue weighted by atomic mass is 10.3. The van der Waals surface area contributed by atoms with Crippen molar-refractivity contribution >= 4 is 27.3 Å². The normalized spacial score (nSPS) is 13.3. The molecule has 1 aromatic rings. The van der Waals surface area contributed by atoms with E-state index in [1.54, 1.807) is 13.0 Å². The number of nitrogens with two attached hydrogens (primary N) is 1. The van der Waals surface area contributed by atoms with Crippen LogP contribution in [-0.2, 0) is 10.0 Å². The molecule has 1 atom stereocenters. The van der Waals surface area contributed by atoms with Gasteiger partial charge in [0.15, 0.2) is 5.82 Å². The maximum absolute atomic E-state index is 13.7. The Labute approximate surface area is 111 Å². The fourth-order valence-electron chi connectivity index (χ4n) is 1.41. The summed E-state index contributed by atoms with van der Waals surface area (Å²) in [5, 5.41) is -0.327. The second-order valence-electron chi connectivity index (χ2n) is 3.86. The summed E-state index contributed by atoms with van der Waals surface area (Å²) in [6, 6.07) is 1.79. The number of hydrogen-bond acceptors (Lipinski definition) is 3. The SMILES string of the molecule is C=CCC(C)NS(=O)(=O)c1cc(N)cc(Cl)c1F. The van der Waals surface area contributed by atoms with Gasteiger partial charge in [0.2, 0.25) is 10.0 Å². The number of hydrogen-bond donors (Lipinski definition) is 2. The van der Waals surface area contributed by atoms with E-state index in [0.29, 0.717) is 6.42 Å². The van der Waals surface area contributed by atoms with Gasteiger partial charge in [0.05, 0.1) is 5.02 Å². The molecular formula is C11H14ClFN2O2S. The minimum Gasteiger partial charge on any atom is -0.399 e. The largest absolute Gasteiger partial charge is 0.399 e. The molecule has 7 heteroatoms. The molecule has 1 rings (SSSR count). The van der Waals surface area contributed by atoms with Gasteiger partial charge in [-0.15, -0.1) is 6.58 Å². The van der Waals surface area contributed by atoms with E-state index in [4.69, 9.17) is 17.3 Å². The van der Waals surface area contributed by atoms with Crippen LogP contribution in [0.1, 0.15) is 13.3 Å². The summed E-state index contributed by atoms with van der Waals surface area (Å²) in [7, 11) is -3.99. The van der Waals surface area contributed by atoms with Crippen molar-refractivity contribution in [2.45, 2.75) is 24.3 Å². The number of rotatable bonds is 5. The molecule has 0 amide bonds. The van der Waals surface area contributed by atoms with Gasteiger partial charge in [-0.05, 0) is 25.5 Å². The van der Waals surface area contributed by atoms with E-state index in [1.807, 2.05) is 0 Å². The molecule has 4 nitrogen and oxygen atoms in total. The van der Waals surface area contributed by atoms with Gasteiger partial charge in [0.25, 0.3) is 0 Å². The second kappa shape index (κ2) is 5.69.